The Kier molecular flexibility index (Phi) is 5.74. The Balaban J connectivity index is 2.04. The number of nitrogens with zero attached hydrogens (tertiary/aromatic N) is 2. The Morgan fingerprint density at radius 2 is 1.87 bits per heavy atom. The van der Waals surface area contributed by atoms with Crippen molar-refractivity contribution < 1.29 is 9.90 Å². The molecular formula is C18H21N3O2. The van der Waals surface area contributed by atoms with Gasteiger partial charge in [-0.3, -0.25) is 4.79 Å². The zero-order valence-corrected chi connectivity index (χ0v) is 13.4. The van der Waals surface area contributed by atoms with Crippen LogP contribution in [0.3, 0.4) is 0 Å². The quantitative estimate of drug-likeness (QED) is 0.636. The van der Waals surface area contributed by atoms with Crippen molar-refractivity contribution in [3.05, 3.63) is 59.7 Å². The first-order valence-electron chi connectivity index (χ1n) is 7.62. The van der Waals surface area contributed by atoms with Gasteiger partial charge in [-0.15, -0.1) is 0 Å². The van der Waals surface area contributed by atoms with Crippen molar-refractivity contribution in [2.75, 3.05) is 18.0 Å². The molecule has 0 radical (unpaired) electrons. The molecule has 0 aliphatic heterocycles. The molecule has 0 aliphatic carbocycles. The molecule has 2 aromatic carbocycles. The van der Waals surface area contributed by atoms with Gasteiger partial charge in [0.15, 0.2) is 0 Å². The molecular weight excluding hydrogens is 290 g/mol. The lowest BCUT2D eigenvalue weighted by atomic mass is 10.2. The number of amides is 1. The average Bonchev–Trinajstić information content (AvgIpc) is 2.58. The number of hydrogen-bond acceptors (Lipinski definition) is 4. The normalized spacial score (nSPS) is 10.7. The Morgan fingerprint density at radius 3 is 2.48 bits per heavy atom. The average molecular weight is 311 g/mol. The summed E-state index contributed by atoms with van der Waals surface area (Å²) in [5, 5.41) is 14.0. The number of anilines is 1. The molecule has 0 fully saturated rings. The van der Waals surface area contributed by atoms with Crippen LogP contribution >= 0.6 is 0 Å². The number of hydrazone groups is 1. The number of hydrogen-bond donors (Lipinski definition) is 2. The summed E-state index contributed by atoms with van der Waals surface area (Å²) in [6.07, 6.45) is 1.43. The smallest absolute Gasteiger partial charge is 0.271 e. The van der Waals surface area contributed by atoms with Gasteiger partial charge in [-0.2, -0.15) is 5.10 Å². The summed E-state index contributed by atoms with van der Waals surface area (Å²) in [6.45, 7) is 5.87. The second-order valence-electron chi connectivity index (χ2n) is 4.98. The number of benzene rings is 2. The zero-order chi connectivity index (χ0) is 16.7. The summed E-state index contributed by atoms with van der Waals surface area (Å²) in [4.78, 5) is 14.0. The predicted molar refractivity (Wildman–Crippen MR) is 93.2 cm³/mol. The van der Waals surface area contributed by atoms with Crippen LogP contribution in [-0.4, -0.2) is 30.3 Å². The van der Waals surface area contributed by atoms with Crippen LogP contribution in [0, 0.1) is 0 Å². The fourth-order valence-electron chi connectivity index (χ4n) is 2.24. The van der Waals surface area contributed by atoms with Crippen LogP contribution < -0.4 is 10.3 Å². The van der Waals surface area contributed by atoms with Gasteiger partial charge in [-0.05, 0) is 38.1 Å². The Morgan fingerprint density at radius 1 is 1.17 bits per heavy atom. The minimum atomic E-state index is -0.291. The highest BCUT2D eigenvalue weighted by atomic mass is 16.3. The maximum absolute atomic E-state index is 11.8. The lowest BCUT2D eigenvalue weighted by molar-refractivity contribution is 0.0955. The van der Waals surface area contributed by atoms with Crippen molar-refractivity contribution in [2.24, 2.45) is 5.10 Å². The highest BCUT2D eigenvalue weighted by Crippen LogP contribution is 2.23. The first-order valence-corrected chi connectivity index (χ1v) is 7.62. The van der Waals surface area contributed by atoms with Gasteiger partial charge in [0.25, 0.3) is 5.91 Å². The molecule has 5 nitrogen and oxygen atoms in total. The van der Waals surface area contributed by atoms with E-state index in [1.807, 2.05) is 12.1 Å². The fourth-order valence-corrected chi connectivity index (χ4v) is 2.24. The molecule has 0 unspecified atom stereocenters. The maximum Gasteiger partial charge on any atom is 0.271 e. The van der Waals surface area contributed by atoms with Crippen molar-refractivity contribution in [3.8, 4) is 5.75 Å². The molecule has 0 saturated heterocycles. The zero-order valence-electron chi connectivity index (χ0n) is 13.4. The van der Waals surface area contributed by atoms with E-state index < -0.39 is 0 Å². The van der Waals surface area contributed by atoms with E-state index in [4.69, 9.17) is 0 Å². The summed E-state index contributed by atoms with van der Waals surface area (Å²) in [5.41, 5.74) is 4.48. The highest BCUT2D eigenvalue weighted by molar-refractivity contribution is 5.95. The van der Waals surface area contributed by atoms with Gasteiger partial charge in [0.1, 0.15) is 5.75 Å². The molecule has 0 bridgehead atoms. The van der Waals surface area contributed by atoms with Crippen LogP contribution in [0.5, 0.6) is 5.75 Å². The molecule has 1 amide bonds. The molecule has 0 spiro atoms. The van der Waals surface area contributed by atoms with E-state index in [2.05, 4.69) is 29.3 Å². The standard InChI is InChI=1S/C18H21N3O2/c1-3-21(4-2)16-11-10-15(17(22)12-16)13-19-20-18(23)14-8-6-5-7-9-14/h5-13,22H,3-4H2,1-2H3,(H,20,23). The Labute approximate surface area is 136 Å². The first-order chi connectivity index (χ1) is 11.2. The first kappa shape index (κ1) is 16.5. The van der Waals surface area contributed by atoms with Gasteiger partial charge in [-0.25, -0.2) is 5.43 Å². The third-order valence-electron chi connectivity index (χ3n) is 3.55. The van der Waals surface area contributed by atoms with E-state index in [9.17, 15) is 9.90 Å². The molecule has 120 valence electrons. The van der Waals surface area contributed by atoms with Crippen molar-refractivity contribution >= 4 is 17.8 Å². The SMILES string of the molecule is CCN(CC)c1ccc(C=NNC(=O)c2ccccc2)c(O)c1. The summed E-state index contributed by atoms with van der Waals surface area (Å²) >= 11 is 0. The topological polar surface area (TPSA) is 64.9 Å². The molecule has 2 N–H and O–H groups in total. The van der Waals surface area contributed by atoms with Crippen molar-refractivity contribution in [1.82, 2.24) is 5.43 Å². The molecule has 0 saturated carbocycles. The number of phenols is 1. The van der Waals surface area contributed by atoms with E-state index in [-0.39, 0.29) is 11.7 Å². The summed E-state index contributed by atoms with van der Waals surface area (Å²) in [7, 11) is 0. The Hall–Kier alpha value is -2.82. The molecule has 0 atom stereocenters. The lowest BCUT2D eigenvalue weighted by Gasteiger charge is -2.21. The number of carbonyl (C=O) groups excluding carboxylic acids is 1. The summed E-state index contributed by atoms with van der Waals surface area (Å²) < 4.78 is 0. The molecule has 23 heavy (non-hydrogen) atoms. The molecule has 0 aromatic heterocycles. The third-order valence-corrected chi connectivity index (χ3v) is 3.55. The van der Waals surface area contributed by atoms with Crippen LogP contribution in [0.1, 0.15) is 29.8 Å². The second-order valence-corrected chi connectivity index (χ2v) is 4.98. The number of nitrogens with one attached hydrogen (secondary N) is 1. The molecule has 2 rings (SSSR count). The molecule has 5 heteroatoms. The molecule has 0 aliphatic rings. The van der Waals surface area contributed by atoms with E-state index in [1.165, 1.54) is 6.21 Å². The van der Waals surface area contributed by atoms with E-state index in [0.717, 1.165) is 18.8 Å². The minimum Gasteiger partial charge on any atom is -0.507 e. The third kappa shape index (κ3) is 4.32. The number of carbonyl (C=O) groups is 1. The monoisotopic (exact) mass is 311 g/mol. The number of phenolic OH excluding ortho intramolecular Hbond substituents is 1. The highest BCUT2D eigenvalue weighted by Gasteiger charge is 2.06. The van der Waals surface area contributed by atoms with Crippen LogP contribution in [0.25, 0.3) is 0 Å². The van der Waals surface area contributed by atoms with Gasteiger partial charge in [0.05, 0.1) is 6.21 Å². The molecule has 2 aromatic rings. The van der Waals surface area contributed by atoms with Gasteiger partial charge in [-0.1, -0.05) is 18.2 Å². The van der Waals surface area contributed by atoms with E-state index in [0.29, 0.717) is 11.1 Å². The van der Waals surface area contributed by atoms with Crippen molar-refractivity contribution in [1.29, 1.82) is 0 Å². The van der Waals surface area contributed by atoms with E-state index >= 15 is 0 Å². The molecule has 0 heterocycles. The second kappa shape index (κ2) is 7.98. The van der Waals surface area contributed by atoms with Gasteiger partial charge in [0, 0.05) is 36.0 Å². The van der Waals surface area contributed by atoms with E-state index in [1.54, 1.807) is 36.4 Å². The number of rotatable bonds is 6. The predicted octanol–water partition coefficient (Wildman–Crippen LogP) is 3.00. The Bertz CT molecular complexity index is 680. The fraction of sp³-hybridized carbons (Fsp3) is 0.222. The summed E-state index contributed by atoms with van der Waals surface area (Å²) in [5.74, 6) is -0.159. The largest absolute Gasteiger partial charge is 0.507 e. The van der Waals surface area contributed by atoms with Crippen molar-refractivity contribution in [3.63, 3.8) is 0 Å². The van der Waals surface area contributed by atoms with Crippen LogP contribution in [-0.2, 0) is 0 Å². The van der Waals surface area contributed by atoms with Gasteiger partial charge >= 0.3 is 0 Å². The van der Waals surface area contributed by atoms with Crippen molar-refractivity contribution in [2.45, 2.75) is 13.8 Å². The minimum absolute atomic E-state index is 0.132. The summed E-state index contributed by atoms with van der Waals surface area (Å²) in [6, 6.07) is 14.2. The van der Waals surface area contributed by atoms with Gasteiger partial charge in [0.2, 0.25) is 0 Å². The lowest BCUT2D eigenvalue weighted by Crippen LogP contribution is -2.21. The van der Waals surface area contributed by atoms with Crippen LogP contribution in [0.2, 0.25) is 0 Å². The maximum atomic E-state index is 11.8. The van der Waals surface area contributed by atoms with Crippen LogP contribution in [0.4, 0.5) is 5.69 Å². The van der Waals surface area contributed by atoms with Gasteiger partial charge < -0.3 is 10.0 Å². The number of aromatic hydroxyl groups is 1. The van der Waals surface area contributed by atoms with Crippen LogP contribution in [0.15, 0.2) is 53.6 Å².